The van der Waals surface area contributed by atoms with E-state index in [1.165, 1.54) is 0 Å². The average molecular weight is 260 g/mol. The number of fused-ring (bicyclic) bond motifs is 1. The molecule has 0 fully saturated rings. The molecule has 0 amide bonds. The van der Waals surface area contributed by atoms with Crippen LogP contribution in [0.25, 0.3) is 10.9 Å². The summed E-state index contributed by atoms with van der Waals surface area (Å²) in [5.41, 5.74) is 2.25. The van der Waals surface area contributed by atoms with Gasteiger partial charge >= 0.3 is 0 Å². The van der Waals surface area contributed by atoms with Crippen molar-refractivity contribution in [2.24, 2.45) is 0 Å². The summed E-state index contributed by atoms with van der Waals surface area (Å²) in [7, 11) is 0. The fraction of sp³-hybridized carbons (Fsp3) is 0.0588. The minimum absolute atomic E-state index is 0.511. The second-order valence-electron chi connectivity index (χ2n) is 4.49. The molecule has 0 atom stereocenters. The van der Waals surface area contributed by atoms with E-state index in [9.17, 15) is 0 Å². The number of aromatic nitrogens is 1. The van der Waals surface area contributed by atoms with Gasteiger partial charge in [-0.05, 0) is 31.2 Å². The number of ether oxygens (including phenoxy) is 1. The Bertz CT molecular complexity index is 819. The first-order valence-electron chi connectivity index (χ1n) is 6.31. The third kappa shape index (κ3) is 2.19. The van der Waals surface area contributed by atoms with E-state index in [1.807, 2.05) is 49.4 Å². The summed E-state index contributed by atoms with van der Waals surface area (Å²) in [6.07, 6.45) is 0. The number of hydrogen-bond donors (Lipinski definition) is 0. The molecule has 0 spiro atoms. The van der Waals surface area contributed by atoms with Gasteiger partial charge in [0.2, 0.25) is 0 Å². The van der Waals surface area contributed by atoms with Gasteiger partial charge in [-0.2, -0.15) is 5.26 Å². The summed E-state index contributed by atoms with van der Waals surface area (Å²) in [5, 5.41) is 10.1. The molecule has 3 aromatic rings. The zero-order valence-electron chi connectivity index (χ0n) is 11.0. The Morgan fingerprint density at radius 2 is 1.75 bits per heavy atom. The van der Waals surface area contributed by atoms with Crippen LogP contribution in [-0.4, -0.2) is 4.98 Å². The molecule has 96 valence electrons. The van der Waals surface area contributed by atoms with Crippen LogP contribution in [0.5, 0.6) is 11.5 Å². The van der Waals surface area contributed by atoms with Crippen molar-refractivity contribution in [2.75, 3.05) is 0 Å². The van der Waals surface area contributed by atoms with Gasteiger partial charge in [-0.15, -0.1) is 0 Å². The fourth-order valence-corrected chi connectivity index (χ4v) is 2.07. The van der Waals surface area contributed by atoms with Gasteiger partial charge in [0.1, 0.15) is 17.3 Å². The summed E-state index contributed by atoms with van der Waals surface area (Å²) in [6, 6.07) is 19.1. The second kappa shape index (κ2) is 5.02. The molecule has 3 nitrogen and oxygen atoms in total. The van der Waals surface area contributed by atoms with Crippen LogP contribution in [0.4, 0.5) is 0 Å². The fourth-order valence-electron chi connectivity index (χ4n) is 2.07. The Labute approximate surface area is 117 Å². The van der Waals surface area contributed by atoms with Gasteiger partial charge in [0.05, 0.1) is 5.56 Å². The highest BCUT2D eigenvalue weighted by Gasteiger charge is 2.08. The topological polar surface area (TPSA) is 45.9 Å². The van der Waals surface area contributed by atoms with E-state index in [0.717, 1.165) is 16.6 Å². The van der Waals surface area contributed by atoms with Crippen molar-refractivity contribution in [1.29, 1.82) is 5.26 Å². The number of para-hydroxylation sites is 2. The maximum absolute atomic E-state index is 9.11. The normalized spacial score (nSPS) is 10.2. The third-order valence-corrected chi connectivity index (χ3v) is 3.05. The molecular formula is C17H12N2O. The van der Waals surface area contributed by atoms with Gasteiger partial charge in [-0.3, -0.25) is 0 Å². The smallest absolute Gasteiger partial charge is 0.153 e. The highest BCUT2D eigenvalue weighted by molar-refractivity contribution is 5.84. The van der Waals surface area contributed by atoms with E-state index >= 15 is 0 Å². The molecule has 0 aliphatic heterocycles. The maximum Gasteiger partial charge on any atom is 0.153 e. The molecule has 0 saturated heterocycles. The minimum atomic E-state index is 0.511. The molecule has 0 N–H and O–H groups in total. The monoisotopic (exact) mass is 260 g/mol. The van der Waals surface area contributed by atoms with Crippen LogP contribution in [0, 0.1) is 18.3 Å². The van der Waals surface area contributed by atoms with Crippen molar-refractivity contribution in [3.05, 3.63) is 65.9 Å². The lowest BCUT2D eigenvalue weighted by molar-refractivity contribution is 0.485. The van der Waals surface area contributed by atoms with Crippen LogP contribution in [0.2, 0.25) is 0 Å². The Kier molecular flexibility index (Phi) is 3.06. The predicted octanol–water partition coefficient (Wildman–Crippen LogP) is 4.21. The van der Waals surface area contributed by atoms with Gasteiger partial charge < -0.3 is 4.74 Å². The van der Waals surface area contributed by atoms with Crippen molar-refractivity contribution in [2.45, 2.75) is 6.92 Å². The number of pyridine rings is 1. The molecule has 0 radical (unpaired) electrons. The first-order chi connectivity index (χ1) is 9.78. The lowest BCUT2D eigenvalue weighted by Gasteiger charge is -2.09. The Balaban J connectivity index is 2.11. The molecule has 1 heterocycles. The molecule has 20 heavy (non-hydrogen) atoms. The number of nitriles is 1. The van der Waals surface area contributed by atoms with Crippen LogP contribution >= 0.6 is 0 Å². The molecule has 0 aliphatic rings. The van der Waals surface area contributed by atoms with Gasteiger partial charge in [-0.1, -0.05) is 30.3 Å². The molecule has 2 aromatic carbocycles. The largest absolute Gasteiger partial charge is 0.454 e. The first kappa shape index (κ1) is 12.2. The number of aryl methyl sites for hydroxylation is 1. The van der Waals surface area contributed by atoms with Crippen molar-refractivity contribution < 1.29 is 4.74 Å². The summed E-state index contributed by atoms with van der Waals surface area (Å²) in [5.74, 6) is 1.21. The van der Waals surface area contributed by atoms with Crippen LogP contribution in [0.1, 0.15) is 11.3 Å². The van der Waals surface area contributed by atoms with Crippen LogP contribution in [-0.2, 0) is 0 Å². The van der Waals surface area contributed by atoms with E-state index < -0.39 is 0 Å². The van der Waals surface area contributed by atoms with E-state index in [-0.39, 0.29) is 0 Å². The summed E-state index contributed by atoms with van der Waals surface area (Å²) in [4.78, 5) is 4.52. The lowest BCUT2D eigenvalue weighted by atomic mass is 10.2. The maximum atomic E-state index is 9.11. The molecule has 0 bridgehead atoms. The van der Waals surface area contributed by atoms with E-state index in [0.29, 0.717) is 17.1 Å². The number of nitrogens with zero attached hydrogens (tertiary/aromatic N) is 2. The lowest BCUT2D eigenvalue weighted by Crippen LogP contribution is -1.91. The van der Waals surface area contributed by atoms with E-state index in [2.05, 4.69) is 11.1 Å². The number of rotatable bonds is 2. The summed E-state index contributed by atoms with van der Waals surface area (Å²) < 4.78 is 5.88. The SMILES string of the molecule is Cc1ccc2cccc(Oc3ccccc3C#N)c2n1. The molecule has 1 aromatic heterocycles. The minimum Gasteiger partial charge on any atom is -0.454 e. The summed E-state index contributed by atoms with van der Waals surface area (Å²) in [6.45, 7) is 1.94. The molecule has 0 aliphatic carbocycles. The highest BCUT2D eigenvalue weighted by atomic mass is 16.5. The van der Waals surface area contributed by atoms with Crippen molar-refractivity contribution in [1.82, 2.24) is 4.98 Å². The third-order valence-electron chi connectivity index (χ3n) is 3.05. The Morgan fingerprint density at radius 1 is 0.950 bits per heavy atom. The van der Waals surface area contributed by atoms with Gasteiger partial charge in [0.15, 0.2) is 5.75 Å². The van der Waals surface area contributed by atoms with E-state index in [4.69, 9.17) is 10.00 Å². The molecule has 3 rings (SSSR count). The quantitative estimate of drug-likeness (QED) is 0.693. The van der Waals surface area contributed by atoms with Crippen molar-refractivity contribution >= 4 is 10.9 Å². The molecule has 0 saturated carbocycles. The molecule has 0 unspecified atom stereocenters. The molecule has 3 heteroatoms. The Hall–Kier alpha value is -2.86. The van der Waals surface area contributed by atoms with Crippen molar-refractivity contribution in [3.8, 4) is 17.6 Å². The second-order valence-corrected chi connectivity index (χ2v) is 4.49. The Morgan fingerprint density at radius 3 is 2.60 bits per heavy atom. The van der Waals surface area contributed by atoms with Crippen LogP contribution < -0.4 is 4.74 Å². The zero-order chi connectivity index (χ0) is 13.9. The van der Waals surface area contributed by atoms with Crippen LogP contribution in [0.15, 0.2) is 54.6 Å². The highest BCUT2D eigenvalue weighted by Crippen LogP contribution is 2.30. The van der Waals surface area contributed by atoms with Gasteiger partial charge in [0, 0.05) is 11.1 Å². The summed E-state index contributed by atoms with van der Waals surface area (Å²) >= 11 is 0. The average Bonchev–Trinajstić information content (AvgIpc) is 2.48. The number of benzene rings is 2. The predicted molar refractivity (Wildman–Crippen MR) is 77.7 cm³/mol. The standard InChI is InChI=1S/C17H12N2O/c1-12-9-10-13-6-4-8-16(17(13)19-12)20-15-7-3-2-5-14(15)11-18/h2-10H,1H3. The van der Waals surface area contributed by atoms with E-state index in [1.54, 1.807) is 12.1 Å². The number of hydrogen-bond acceptors (Lipinski definition) is 3. The van der Waals surface area contributed by atoms with Gasteiger partial charge in [-0.25, -0.2) is 4.98 Å². The first-order valence-corrected chi connectivity index (χ1v) is 6.31. The van der Waals surface area contributed by atoms with Crippen molar-refractivity contribution in [3.63, 3.8) is 0 Å². The van der Waals surface area contributed by atoms with Crippen LogP contribution in [0.3, 0.4) is 0 Å². The van der Waals surface area contributed by atoms with Gasteiger partial charge in [0.25, 0.3) is 0 Å². The zero-order valence-corrected chi connectivity index (χ0v) is 11.0. The molecular weight excluding hydrogens is 248 g/mol.